The largest absolute Gasteiger partial charge is 0.462 e. The van der Waals surface area contributed by atoms with Crippen LogP contribution in [0.25, 0.3) is 17.4 Å². The number of ether oxygens (including phenoxy) is 1. The van der Waals surface area contributed by atoms with Crippen LogP contribution in [0.2, 0.25) is 0 Å². The number of thiophene rings is 1. The van der Waals surface area contributed by atoms with Gasteiger partial charge in [0.15, 0.2) is 0 Å². The van der Waals surface area contributed by atoms with E-state index in [0.29, 0.717) is 33.3 Å². The van der Waals surface area contributed by atoms with Crippen molar-refractivity contribution in [1.29, 1.82) is 0 Å². The van der Waals surface area contributed by atoms with E-state index in [1.807, 2.05) is 43.3 Å². The number of benzene rings is 3. The second kappa shape index (κ2) is 16.5. The van der Waals surface area contributed by atoms with Crippen molar-refractivity contribution in [3.05, 3.63) is 130 Å². The fourth-order valence-corrected chi connectivity index (χ4v) is 7.60. The van der Waals surface area contributed by atoms with Gasteiger partial charge in [-0.1, -0.05) is 48.0 Å². The number of carbonyl (C=O) groups excluding carboxylic acids is 4. The van der Waals surface area contributed by atoms with E-state index in [4.69, 9.17) is 9.15 Å². The van der Waals surface area contributed by atoms with Crippen molar-refractivity contribution in [3.8, 4) is 11.3 Å². The van der Waals surface area contributed by atoms with E-state index in [0.717, 1.165) is 52.1 Å². The summed E-state index contributed by atoms with van der Waals surface area (Å²) >= 11 is 2.79. The Morgan fingerprint density at radius 3 is 2.37 bits per heavy atom. The van der Waals surface area contributed by atoms with Crippen molar-refractivity contribution in [2.45, 2.75) is 44.4 Å². The minimum atomic E-state index is -0.539. The van der Waals surface area contributed by atoms with Crippen LogP contribution >= 0.6 is 23.1 Å². The molecule has 0 saturated carbocycles. The molecule has 0 fully saturated rings. The highest BCUT2D eigenvalue weighted by Crippen LogP contribution is 2.39. The summed E-state index contributed by atoms with van der Waals surface area (Å²) in [5, 5.41) is 9.06. The third-order valence-electron chi connectivity index (χ3n) is 8.16. The maximum Gasteiger partial charge on any atom is 0.341 e. The maximum absolute atomic E-state index is 13.5. The average molecular weight is 720 g/mol. The van der Waals surface area contributed by atoms with Gasteiger partial charge in [-0.2, -0.15) is 0 Å². The molecule has 0 bridgehead atoms. The van der Waals surface area contributed by atoms with Crippen molar-refractivity contribution in [2.75, 3.05) is 23.0 Å². The van der Waals surface area contributed by atoms with Crippen LogP contribution in [-0.4, -0.2) is 36.1 Å². The molecule has 0 radical (unpaired) electrons. The molecule has 0 saturated heterocycles. The zero-order valence-electron chi connectivity index (χ0n) is 28.2. The quantitative estimate of drug-likeness (QED) is 0.0671. The molecular weight excluding hydrogens is 683 g/mol. The van der Waals surface area contributed by atoms with Crippen LogP contribution in [0.15, 0.2) is 106 Å². The molecule has 2 heterocycles. The molecule has 2 aromatic heterocycles. The van der Waals surface area contributed by atoms with Crippen LogP contribution in [0.1, 0.15) is 62.2 Å². The van der Waals surface area contributed by atoms with Gasteiger partial charge in [0.05, 0.1) is 17.9 Å². The van der Waals surface area contributed by atoms with Gasteiger partial charge in [-0.3, -0.25) is 14.4 Å². The highest BCUT2D eigenvalue weighted by atomic mass is 32.2. The van der Waals surface area contributed by atoms with E-state index in [9.17, 15) is 19.2 Å². The predicted octanol–water partition coefficient (Wildman–Crippen LogP) is 8.51. The predicted molar refractivity (Wildman–Crippen MR) is 202 cm³/mol. The van der Waals surface area contributed by atoms with Crippen LogP contribution in [-0.2, 0) is 27.2 Å². The second-order valence-electron chi connectivity index (χ2n) is 11.9. The number of furan rings is 1. The first-order chi connectivity index (χ1) is 24.8. The molecule has 3 amide bonds. The smallest absolute Gasteiger partial charge is 0.341 e. The number of thioether (sulfide) groups is 1. The van der Waals surface area contributed by atoms with Crippen LogP contribution < -0.4 is 16.0 Å². The minimum Gasteiger partial charge on any atom is -0.462 e. The Kier molecular flexibility index (Phi) is 11.5. The zero-order valence-corrected chi connectivity index (χ0v) is 29.9. The average Bonchev–Trinajstić information content (AvgIpc) is 3.76. The van der Waals surface area contributed by atoms with Gasteiger partial charge in [0.25, 0.3) is 11.8 Å². The van der Waals surface area contributed by atoms with Crippen molar-refractivity contribution in [3.63, 3.8) is 0 Å². The molecule has 51 heavy (non-hydrogen) atoms. The van der Waals surface area contributed by atoms with Crippen molar-refractivity contribution < 1.29 is 28.3 Å². The summed E-state index contributed by atoms with van der Waals surface area (Å²) < 4.78 is 11.3. The molecule has 5 aromatic rings. The molecule has 0 spiro atoms. The molecular formula is C40H37N3O6S2. The molecule has 1 aliphatic carbocycles. The number of amides is 3. The summed E-state index contributed by atoms with van der Waals surface area (Å²) in [5.41, 5.74) is 4.40. The topological polar surface area (TPSA) is 127 Å². The van der Waals surface area contributed by atoms with E-state index in [1.165, 1.54) is 29.2 Å². The number of hydrogen-bond acceptors (Lipinski definition) is 8. The van der Waals surface area contributed by atoms with Gasteiger partial charge in [0.2, 0.25) is 5.91 Å². The number of nitrogens with one attached hydrogen (secondary N) is 3. The first-order valence-electron chi connectivity index (χ1n) is 16.7. The van der Waals surface area contributed by atoms with Gasteiger partial charge >= 0.3 is 5.97 Å². The number of hydrogen-bond donors (Lipinski definition) is 3. The first kappa shape index (κ1) is 35.4. The lowest BCUT2D eigenvalue weighted by Gasteiger charge is -2.12. The summed E-state index contributed by atoms with van der Waals surface area (Å²) in [5.74, 6) is -0.451. The standard InChI is InChI=1S/C40H37N3O6S2/c1-3-48-40(47)36-31-11-7-8-12-34(31)51-39(36)43-35(44)24-50-30-20-17-28(18-21-30)41-38(46)32(42-37(45)27-9-5-4-6-10-27)23-29-19-22-33(49-29)26-15-13-25(2)14-16-26/h4-6,9-10,13-23H,3,7-8,11-12,24H2,1-2H3,(H,41,46)(H,42,45)(H,43,44). The molecule has 0 atom stereocenters. The van der Waals surface area contributed by atoms with Crippen LogP contribution in [0, 0.1) is 6.92 Å². The third-order valence-corrected chi connectivity index (χ3v) is 10.4. The fourth-order valence-electron chi connectivity index (χ4n) is 5.61. The SMILES string of the molecule is CCOC(=O)c1c(NC(=O)CSc2ccc(NC(=O)C(=Cc3ccc(-c4ccc(C)cc4)o3)NC(=O)c3ccccc3)cc2)sc2c1CCCC2. The number of esters is 1. The van der Waals surface area contributed by atoms with Crippen molar-refractivity contribution in [2.24, 2.45) is 0 Å². The lowest BCUT2D eigenvalue weighted by atomic mass is 9.95. The van der Waals surface area contributed by atoms with E-state index in [2.05, 4.69) is 16.0 Å². The van der Waals surface area contributed by atoms with Gasteiger partial charge in [-0.15, -0.1) is 23.1 Å². The van der Waals surface area contributed by atoms with E-state index in [-0.39, 0.29) is 24.0 Å². The van der Waals surface area contributed by atoms with Gasteiger partial charge in [0, 0.05) is 32.7 Å². The molecule has 0 aliphatic heterocycles. The Morgan fingerprint density at radius 1 is 0.882 bits per heavy atom. The monoisotopic (exact) mass is 719 g/mol. The van der Waals surface area contributed by atoms with E-state index in [1.54, 1.807) is 61.5 Å². The number of anilines is 2. The fraction of sp³-hybridized carbons (Fsp3) is 0.200. The Labute approximate surface area is 304 Å². The molecule has 6 rings (SSSR count). The molecule has 11 heteroatoms. The Morgan fingerprint density at radius 2 is 1.63 bits per heavy atom. The number of carbonyl (C=O) groups is 4. The van der Waals surface area contributed by atoms with Gasteiger partial charge in [-0.05, 0) is 93.6 Å². The van der Waals surface area contributed by atoms with Gasteiger partial charge < -0.3 is 25.1 Å². The summed E-state index contributed by atoms with van der Waals surface area (Å²) in [6, 6.07) is 27.1. The molecule has 3 aromatic carbocycles. The van der Waals surface area contributed by atoms with Gasteiger partial charge in [0.1, 0.15) is 22.2 Å². The first-order valence-corrected chi connectivity index (χ1v) is 18.5. The highest BCUT2D eigenvalue weighted by Gasteiger charge is 2.27. The lowest BCUT2D eigenvalue weighted by molar-refractivity contribution is -0.114. The molecule has 260 valence electrons. The minimum absolute atomic E-state index is 0.00114. The van der Waals surface area contributed by atoms with Crippen LogP contribution in [0.3, 0.4) is 0 Å². The Balaban J connectivity index is 1.11. The molecule has 0 unspecified atom stereocenters. The summed E-state index contributed by atoms with van der Waals surface area (Å²) in [4.78, 5) is 54.3. The highest BCUT2D eigenvalue weighted by molar-refractivity contribution is 8.00. The number of aryl methyl sites for hydroxylation is 2. The summed E-state index contributed by atoms with van der Waals surface area (Å²) in [6.45, 7) is 4.04. The van der Waals surface area contributed by atoms with Crippen LogP contribution in [0.5, 0.6) is 0 Å². The second-order valence-corrected chi connectivity index (χ2v) is 14.1. The summed E-state index contributed by atoms with van der Waals surface area (Å²) in [7, 11) is 0. The van der Waals surface area contributed by atoms with Crippen molar-refractivity contribution >= 4 is 63.6 Å². The van der Waals surface area contributed by atoms with E-state index < -0.39 is 17.8 Å². The third kappa shape index (κ3) is 9.05. The molecule has 9 nitrogen and oxygen atoms in total. The zero-order chi connectivity index (χ0) is 35.7. The Hall–Kier alpha value is -5.39. The van der Waals surface area contributed by atoms with Gasteiger partial charge in [-0.25, -0.2) is 4.79 Å². The maximum atomic E-state index is 13.5. The molecule has 1 aliphatic rings. The molecule has 3 N–H and O–H groups in total. The van der Waals surface area contributed by atoms with E-state index >= 15 is 0 Å². The Bertz CT molecular complexity index is 2070. The number of rotatable bonds is 12. The number of fused-ring (bicyclic) bond motifs is 1. The normalized spacial score (nSPS) is 12.5. The van der Waals surface area contributed by atoms with Crippen molar-refractivity contribution in [1.82, 2.24) is 5.32 Å². The lowest BCUT2D eigenvalue weighted by Crippen LogP contribution is -2.30. The van der Waals surface area contributed by atoms with Crippen LogP contribution in [0.4, 0.5) is 10.7 Å². The summed E-state index contributed by atoms with van der Waals surface area (Å²) in [6.07, 6.45) is 5.27.